The summed E-state index contributed by atoms with van der Waals surface area (Å²) in [6.45, 7) is 9.83. The average molecular weight is 379 g/mol. The number of rotatable bonds is 2. The van der Waals surface area contributed by atoms with Crippen molar-refractivity contribution in [2.24, 2.45) is 11.8 Å². The Balaban J connectivity index is 0.000000161. The van der Waals surface area contributed by atoms with Gasteiger partial charge in [-0.3, -0.25) is 0 Å². The molecule has 4 rings (SSSR count). The molecule has 0 radical (unpaired) electrons. The highest BCUT2D eigenvalue weighted by Crippen LogP contribution is 2.35. The fourth-order valence-electron chi connectivity index (χ4n) is 4.36. The number of hydrogen-bond donors (Lipinski definition) is 0. The number of benzene rings is 2. The van der Waals surface area contributed by atoms with Crippen molar-refractivity contribution in [2.45, 2.75) is 78.2 Å². The van der Waals surface area contributed by atoms with E-state index in [0.29, 0.717) is 6.10 Å². The molecule has 1 nitrogen and oxygen atoms in total. The summed E-state index contributed by atoms with van der Waals surface area (Å²) >= 11 is 0. The summed E-state index contributed by atoms with van der Waals surface area (Å²) in [6, 6.07) is 17.8. The second kappa shape index (κ2) is 10.3. The second-order valence-corrected chi connectivity index (χ2v) is 9.28. The Bertz CT molecular complexity index is 621. The van der Waals surface area contributed by atoms with Gasteiger partial charge in [-0.1, -0.05) is 86.3 Å². The van der Waals surface area contributed by atoms with Crippen LogP contribution in [0.5, 0.6) is 0 Å². The molecule has 1 heterocycles. The monoisotopic (exact) mass is 378 g/mol. The zero-order chi connectivity index (χ0) is 19.9. The van der Waals surface area contributed by atoms with Crippen molar-refractivity contribution >= 4 is 0 Å². The lowest BCUT2D eigenvalue weighted by atomic mass is 9.79. The van der Waals surface area contributed by atoms with Crippen LogP contribution in [0.2, 0.25) is 0 Å². The maximum Gasteiger partial charge on any atom is 0.0825 e. The van der Waals surface area contributed by atoms with E-state index in [0.717, 1.165) is 24.4 Å². The van der Waals surface area contributed by atoms with Crippen molar-refractivity contribution in [3.8, 4) is 0 Å². The summed E-state index contributed by atoms with van der Waals surface area (Å²) in [5, 5.41) is 0. The summed E-state index contributed by atoms with van der Waals surface area (Å²) < 4.78 is 5.82. The first-order chi connectivity index (χ1) is 13.5. The highest BCUT2D eigenvalue weighted by Gasteiger charge is 2.20. The lowest BCUT2D eigenvalue weighted by Crippen LogP contribution is -2.18. The van der Waals surface area contributed by atoms with Gasteiger partial charge in [-0.2, -0.15) is 0 Å². The normalized spacial score (nSPS) is 27.6. The molecule has 0 N–H and O–H groups in total. The smallest absolute Gasteiger partial charge is 0.0825 e. The molecular weight excluding hydrogens is 340 g/mol. The summed E-state index contributed by atoms with van der Waals surface area (Å²) in [7, 11) is 0. The first-order valence-electron chi connectivity index (χ1n) is 11.3. The molecule has 0 aromatic heterocycles. The van der Waals surface area contributed by atoms with Gasteiger partial charge in [0.15, 0.2) is 0 Å². The maximum atomic E-state index is 5.82. The molecule has 1 saturated carbocycles. The van der Waals surface area contributed by atoms with Gasteiger partial charge in [0.25, 0.3) is 0 Å². The predicted octanol–water partition coefficient (Wildman–Crippen LogP) is 7.77. The summed E-state index contributed by atoms with van der Waals surface area (Å²) in [4.78, 5) is 0. The molecule has 28 heavy (non-hydrogen) atoms. The molecule has 2 atom stereocenters. The van der Waals surface area contributed by atoms with Crippen LogP contribution in [0.25, 0.3) is 0 Å². The third-order valence-corrected chi connectivity index (χ3v) is 6.52. The minimum atomic E-state index is 0.340. The Morgan fingerprint density at radius 2 is 1.11 bits per heavy atom. The first-order valence-corrected chi connectivity index (χ1v) is 11.3. The van der Waals surface area contributed by atoms with Gasteiger partial charge in [0.1, 0.15) is 0 Å². The van der Waals surface area contributed by atoms with Crippen molar-refractivity contribution in [1.82, 2.24) is 0 Å². The molecule has 2 fully saturated rings. The molecule has 0 amide bonds. The summed E-state index contributed by atoms with van der Waals surface area (Å²) in [5.41, 5.74) is 5.58. The van der Waals surface area contributed by atoms with Crippen LogP contribution < -0.4 is 0 Å². The standard InChI is InChI=1S/C14H20.C13H18O/c1-11-3-7-13(8-4-11)14-9-5-12(2)6-10-14;1-10-3-6-12(7-4-10)13-8-5-11(2)9-14-13/h3-4,7-8,12,14H,5-6,9-10H2,1-2H3;3-4,6-7,11,13H,5,8-9H2,1-2H3. The van der Waals surface area contributed by atoms with Crippen molar-refractivity contribution < 1.29 is 4.74 Å². The van der Waals surface area contributed by atoms with Crippen molar-refractivity contribution in [1.29, 1.82) is 0 Å². The van der Waals surface area contributed by atoms with Gasteiger partial charge < -0.3 is 4.74 Å². The largest absolute Gasteiger partial charge is 0.373 e. The van der Waals surface area contributed by atoms with Crippen LogP contribution in [0.15, 0.2) is 48.5 Å². The Hall–Kier alpha value is -1.60. The predicted molar refractivity (Wildman–Crippen MR) is 120 cm³/mol. The van der Waals surface area contributed by atoms with Crippen LogP contribution in [0, 0.1) is 25.7 Å². The summed E-state index contributed by atoms with van der Waals surface area (Å²) in [6.07, 6.45) is 8.42. The zero-order valence-electron chi connectivity index (χ0n) is 18.3. The number of hydrogen-bond acceptors (Lipinski definition) is 1. The molecule has 1 heteroatoms. The lowest BCUT2D eigenvalue weighted by Gasteiger charge is -2.27. The van der Waals surface area contributed by atoms with E-state index in [9.17, 15) is 0 Å². The van der Waals surface area contributed by atoms with E-state index in [2.05, 4.69) is 76.2 Å². The lowest BCUT2D eigenvalue weighted by molar-refractivity contribution is -0.0123. The average Bonchev–Trinajstić information content (AvgIpc) is 2.71. The van der Waals surface area contributed by atoms with E-state index in [4.69, 9.17) is 4.74 Å². The molecule has 1 aliphatic heterocycles. The van der Waals surface area contributed by atoms with E-state index in [1.165, 1.54) is 55.2 Å². The van der Waals surface area contributed by atoms with Gasteiger partial charge in [-0.25, -0.2) is 0 Å². The van der Waals surface area contributed by atoms with E-state index in [-0.39, 0.29) is 0 Å². The van der Waals surface area contributed by atoms with E-state index >= 15 is 0 Å². The third-order valence-electron chi connectivity index (χ3n) is 6.52. The Kier molecular flexibility index (Phi) is 7.73. The molecular formula is C27H38O. The fourth-order valence-corrected chi connectivity index (χ4v) is 4.36. The van der Waals surface area contributed by atoms with Gasteiger partial charge in [0.05, 0.1) is 6.10 Å². The molecule has 2 aliphatic rings. The quantitative estimate of drug-likeness (QED) is 0.518. The minimum Gasteiger partial charge on any atom is -0.373 e. The minimum absolute atomic E-state index is 0.340. The molecule has 152 valence electrons. The van der Waals surface area contributed by atoms with Crippen LogP contribution in [0.1, 0.15) is 86.6 Å². The molecule has 2 aromatic carbocycles. The first kappa shape index (κ1) is 21.1. The van der Waals surface area contributed by atoms with E-state index in [1.54, 1.807) is 5.56 Å². The van der Waals surface area contributed by atoms with E-state index < -0.39 is 0 Å². The van der Waals surface area contributed by atoms with Crippen LogP contribution in [0.3, 0.4) is 0 Å². The molecule has 0 spiro atoms. The maximum absolute atomic E-state index is 5.82. The molecule has 2 unspecified atom stereocenters. The molecule has 2 aromatic rings. The topological polar surface area (TPSA) is 9.23 Å². The van der Waals surface area contributed by atoms with Crippen LogP contribution in [0.4, 0.5) is 0 Å². The van der Waals surface area contributed by atoms with Gasteiger partial charge in [-0.15, -0.1) is 0 Å². The Morgan fingerprint density at radius 3 is 1.61 bits per heavy atom. The Labute approximate surface area is 172 Å². The molecule has 0 bridgehead atoms. The van der Waals surface area contributed by atoms with Gasteiger partial charge in [0, 0.05) is 6.61 Å². The van der Waals surface area contributed by atoms with Gasteiger partial charge >= 0.3 is 0 Å². The number of ether oxygens (including phenoxy) is 1. The van der Waals surface area contributed by atoms with Crippen LogP contribution in [-0.4, -0.2) is 6.61 Å². The van der Waals surface area contributed by atoms with E-state index in [1.807, 2.05) is 0 Å². The Morgan fingerprint density at radius 1 is 0.607 bits per heavy atom. The third kappa shape index (κ3) is 6.21. The highest BCUT2D eigenvalue weighted by molar-refractivity contribution is 5.25. The van der Waals surface area contributed by atoms with Crippen molar-refractivity contribution in [3.05, 3.63) is 70.8 Å². The molecule has 1 saturated heterocycles. The SMILES string of the molecule is Cc1ccc(C2CCC(C)CC2)cc1.Cc1ccc(C2CCC(C)CO2)cc1. The zero-order valence-corrected chi connectivity index (χ0v) is 18.3. The van der Waals surface area contributed by atoms with Crippen LogP contribution in [-0.2, 0) is 4.74 Å². The second-order valence-electron chi connectivity index (χ2n) is 9.28. The summed E-state index contributed by atoms with van der Waals surface area (Å²) in [5.74, 6) is 2.53. The molecule has 1 aliphatic carbocycles. The fraction of sp³-hybridized carbons (Fsp3) is 0.556. The van der Waals surface area contributed by atoms with Crippen LogP contribution >= 0.6 is 0 Å². The van der Waals surface area contributed by atoms with Crippen molar-refractivity contribution in [3.63, 3.8) is 0 Å². The van der Waals surface area contributed by atoms with Gasteiger partial charge in [-0.05, 0) is 68.4 Å². The number of aryl methyl sites for hydroxylation is 2. The highest BCUT2D eigenvalue weighted by atomic mass is 16.5. The van der Waals surface area contributed by atoms with Gasteiger partial charge in [0.2, 0.25) is 0 Å². The van der Waals surface area contributed by atoms with Crippen molar-refractivity contribution in [2.75, 3.05) is 6.61 Å².